The SMILES string of the molecule is CNC(=Nc1cc(Cl)c(Oc2snc(-c3ccccc3Cl)c2C#N)cc1C)C(C)C. The van der Waals surface area contributed by atoms with Crippen LogP contribution in [0, 0.1) is 24.2 Å². The molecule has 3 aromatic rings. The molecule has 0 aliphatic rings. The fraction of sp³-hybridized carbons (Fsp3) is 0.227. The summed E-state index contributed by atoms with van der Waals surface area (Å²) in [4.78, 5) is 4.66. The predicted octanol–water partition coefficient (Wildman–Crippen LogP) is 6.99. The quantitative estimate of drug-likeness (QED) is 0.330. The van der Waals surface area contributed by atoms with Gasteiger partial charge in [-0.15, -0.1) is 0 Å². The molecular formula is C22H20Cl2N4OS. The third-order valence-electron chi connectivity index (χ3n) is 4.40. The van der Waals surface area contributed by atoms with Gasteiger partial charge in [0.25, 0.3) is 0 Å². The Labute approximate surface area is 190 Å². The Balaban J connectivity index is 1.97. The van der Waals surface area contributed by atoms with Gasteiger partial charge in [-0.3, -0.25) is 0 Å². The monoisotopic (exact) mass is 458 g/mol. The van der Waals surface area contributed by atoms with E-state index in [4.69, 9.17) is 27.9 Å². The summed E-state index contributed by atoms with van der Waals surface area (Å²) in [6.07, 6.45) is 0. The lowest BCUT2D eigenvalue weighted by atomic mass is 10.1. The number of ether oxygens (including phenoxy) is 1. The van der Waals surface area contributed by atoms with Crippen LogP contribution < -0.4 is 10.1 Å². The van der Waals surface area contributed by atoms with E-state index in [2.05, 4.69) is 34.6 Å². The number of aromatic nitrogens is 1. The summed E-state index contributed by atoms with van der Waals surface area (Å²) in [5, 5.41) is 14.1. The zero-order chi connectivity index (χ0) is 21.8. The van der Waals surface area contributed by atoms with Gasteiger partial charge in [0, 0.05) is 30.1 Å². The number of halogens is 2. The van der Waals surface area contributed by atoms with Gasteiger partial charge in [0.1, 0.15) is 28.9 Å². The van der Waals surface area contributed by atoms with Crippen molar-refractivity contribution >= 4 is 46.3 Å². The van der Waals surface area contributed by atoms with E-state index in [9.17, 15) is 5.26 Å². The van der Waals surface area contributed by atoms with Gasteiger partial charge in [-0.05, 0) is 30.7 Å². The van der Waals surface area contributed by atoms with Gasteiger partial charge < -0.3 is 10.1 Å². The molecule has 1 heterocycles. The van der Waals surface area contributed by atoms with Crippen LogP contribution in [0.15, 0.2) is 41.4 Å². The molecule has 0 spiro atoms. The summed E-state index contributed by atoms with van der Waals surface area (Å²) in [6, 6.07) is 13.0. The number of hydrogen-bond donors (Lipinski definition) is 1. The van der Waals surface area contributed by atoms with E-state index in [0.717, 1.165) is 28.6 Å². The Morgan fingerprint density at radius 2 is 1.97 bits per heavy atom. The second-order valence-electron chi connectivity index (χ2n) is 6.86. The lowest BCUT2D eigenvalue weighted by Gasteiger charge is -2.12. The molecule has 8 heteroatoms. The predicted molar refractivity (Wildman–Crippen MR) is 125 cm³/mol. The summed E-state index contributed by atoms with van der Waals surface area (Å²) in [6.45, 7) is 6.06. The standard InChI is InChI=1S/C22H20Cl2N4OS/c1-12(2)21(26-4)27-18-10-17(24)19(9-13(18)3)29-22-15(11-25)20(28-30-22)14-7-5-6-8-16(14)23/h5-10,12H,1-4H3,(H,26,27). The first-order valence-electron chi connectivity index (χ1n) is 9.24. The van der Waals surface area contributed by atoms with Gasteiger partial charge in [0.05, 0.1) is 15.7 Å². The number of aryl methyl sites for hydroxylation is 1. The van der Waals surface area contributed by atoms with E-state index < -0.39 is 0 Å². The molecule has 0 unspecified atom stereocenters. The van der Waals surface area contributed by atoms with Gasteiger partial charge in [0.15, 0.2) is 0 Å². The maximum absolute atomic E-state index is 9.70. The molecule has 1 aromatic heterocycles. The second kappa shape index (κ2) is 9.48. The van der Waals surface area contributed by atoms with E-state index in [1.165, 1.54) is 0 Å². The maximum Gasteiger partial charge on any atom is 0.218 e. The van der Waals surface area contributed by atoms with Crippen molar-refractivity contribution in [3.05, 3.63) is 57.6 Å². The minimum atomic E-state index is 0.253. The molecule has 0 amide bonds. The van der Waals surface area contributed by atoms with Crippen LogP contribution in [0.5, 0.6) is 10.8 Å². The molecule has 30 heavy (non-hydrogen) atoms. The van der Waals surface area contributed by atoms with Crippen molar-refractivity contribution < 1.29 is 4.74 Å². The first-order valence-corrected chi connectivity index (χ1v) is 10.8. The normalized spacial score (nSPS) is 11.5. The highest BCUT2D eigenvalue weighted by Gasteiger charge is 2.20. The summed E-state index contributed by atoms with van der Waals surface area (Å²) in [5.41, 5.74) is 3.15. The van der Waals surface area contributed by atoms with Crippen LogP contribution in [0.3, 0.4) is 0 Å². The largest absolute Gasteiger partial charge is 0.442 e. The van der Waals surface area contributed by atoms with Gasteiger partial charge in [-0.25, -0.2) is 4.99 Å². The molecule has 0 fully saturated rings. The van der Waals surface area contributed by atoms with E-state index in [1.54, 1.807) is 12.1 Å². The first-order chi connectivity index (χ1) is 14.3. The van der Waals surface area contributed by atoms with Crippen LogP contribution in [0.4, 0.5) is 5.69 Å². The zero-order valence-corrected chi connectivity index (χ0v) is 19.3. The van der Waals surface area contributed by atoms with E-state index in [0.29, 0.717) is 37.7 Å². The number of aliphatic imine (C=N–C) groups is 1. The number of nitrogens with one attached hydrogen (secondary N) is 1. The highest BCUT2D eigenvalue weighted by molar-refractivity contribution is 7.08. The van der Waals surface area contributed by atoms with Gasteiger partial charge in [-0.2, -0.15) is 9.64 Å². The summed E-state index contributed by atoms with van der Waals surface area (Å²) < 4.78 is 10.4. The van der Waals surface area contributed by atoms with Crippen LogP contribution in [0.1, 0.15) is 25.0 Å². The second-order valence-corrected chi connectivity index (χ2v) is 8.41. The Morgan fingerprint density at radius 3 is 2.60 bits per heavy atom. The Morgan fingerprint density at radius 1 is 1.23 bits per heavy atom. The van der Waals surface area contributed by atoms with Crippen LogP contribution in [0.2, 0.25) is 10.0 Å². The average Bonchev–Trinajstić information content (AvgIpc) is 3.11. The third-order valence-corrected chi connectivity index (χ3v) is 5.75. The minimum absolute atomic E-state index is 0.253. The molecule has 0 saturated carbocycles. The maximum atomic E-state index is 9.70. The van der Waals surface area contributed by atoms with Crippen LogP contribution in [-0.2, 0) is 0 Å². The molecule has 0 aliphatic carbocycles. The lowest BCUT2D eigenvalue weighted by Crippen LogP contribution is -2.23. The number of hydrogen-bond acceptors (Lipinski definition) is 5. The van der Waals surface area contributed by atoms with Crippen molar-refractivity contribution in [3.8, 4) is 28.1 Å². The average molecular weight is 459 g/mol. The highest BCUT2D eigenvalue weighted by Crippen LogP contribution is 2.41. The molecule has 0 atom stereocenters. The highest BCUT2D eigenvalue weighted by atomic mass is 35.5. The molecular weight excluding hydrogens is 439 g/mol. The van der Waals surface area contributed by atoms with Crippen molar-refractivity contribution in [1.29, 1.82) is 5.26 Å². The van der Waals surface area contributed by atoms with Gasteiger partial charge in [-0.1, -0.05) is 55.2 Å². The zero-order valence-electron chi connectivity index (χ0n) is 17.0. The number of nitrogens with zero attached hydrogens (tertiary/aromatic N) is 3. The van der Waals surface area contributed by atoms with Gasteiger partial charge in [0.2, 0.25) is 5.06 Å². The minimum Gasteiger partial charge on any atom is -0.442 e. The van der Waals surface area contributed by atoms with Crippen molar-refractivity contribution in [2.75, 3.05) is 7.05 Å². The fourth-order valence-corrected chi connectivity index (χ4v) is 3.97. The summed E-state index contributed by atoms with van der Waals surface area (Å²) >= 11 is 13.8. The molecule has 3 rings (SSSR count). The Kier molecular flexibility index (Phi) is 6.99. The molecule has 1 N–H and O–H groups in total. The fourth-order valence-electron chi connectivity index (χ4n) is 2.83. The van der Waals surface area contributed by atoms with E-state index >= 15 is 0 Å². The molecule has 0 aliphatic heterocycles. The molecule has 0 bridgehead atoms. The third kappa shape index (κ3) is 4.59. The summed E-state index contributed by atoms with van der Waals surface area (Å²) in [5.74, 6) is 1.55. The van der Waals surface area contributed by atoms with Gasteiger partial charge >= 0.3 is 0 Å². The summed E-state index contributed by atoms with van der Waals surface area (Å²) in [7, 11) is 1.84. The van der Waals surface area contributed by atoms with Crippen LogP contribution in [-0.4, -0.2) is 17.3 Å². The van der Waals surface area contributed by atoms with Crippen molar-refractivity contribution in [2.45, 2.75) is 20.8 Å². The Hall–Kier alpha value is -2.59. The first kappa shape index (κ1) is 22.1. The number of rotatable bonds is 5. The van der Waals surface area contributed by atoms with Crippen LogP contribution >= 0.6 is 34.7 Å². The number of benzene rings is 2. The molecule has 0 saturated heterocycles. The topological polar surface area (TPSA) is 70.3 Å². The lowest BCUT2D eigenvalue weighted by molar-refractivity contribution is 0.495. The molecule has 2 aromatic carbocycles. The smallest absolute Gasteiger partial charge is 0.218 e. The molecule has 5 nitrogen and oxygen atoms in total. The van der Waals surface area contributed by atoms with Crippen molar-refractivity contribution in [2.24, 2.45) is 10.9 Å². The van der Waals surface area contributed by atoms with E-state index in [-0.39, 0.29) is 5.92 Å². The van der Waals surface area contributed by atoms with E-state index in [1.807, 2.05) is 38.2 Å². The van der Waals surface area contributed by atoms with Crippen molar-refractivity contribution in [3.63, 3.8) is 0 Å². The number of amidine groups is 1. The number of nitriles is 1. The van der Waals surface area contributed by atoms with Crippen molar-refractivity contribution in [1.82, 2.24) is 9.69 Å². The molecule has 0 radical (unpaired) electrons. The molecule has 154 valence electrons. The van der Waals surface area contributed by atoms with Crippen LogP contribution in [0.25, 0.3) is 11.3 Å². The Bertz CT molecular complexity index is 1150.